The molecule has 3 nitrogen and oxygen atoms in total. The molecule has 0 saturated carbocycles. The fraction of sp³-hybridized carbons (Fsp3) is 0.462. The second-order valence-corrected chi connectivity index (χ2v) is 5.48. The third-order valence-corrected chi connectivity index (χ3v) is 3.52. The van der Waals surface area contributed by atoms with E-state index in [-0.39, 0.29) is 17.1 Å². The third-order valence-electron chi connectivity index (χ3n) is 3.20. The molecule has 1 amide bonds. The van der Waals surface area contributed by atoms with Gasteiger partial charge in [-0.25, -0.2) is 8.78 Å². The number of nitrogens with zero attached hydrogens (tertiary/aromatic N) is 1. The highest BCUT2D eigenvalue weighted by molar-refractivity contribution is 6.33. The number of rotatable bonds is 1. The number of likely N-dealkylation sites (tertiary alicyclic amines) is 1. The zero-order valence-electron chi connectivity index (χ0n) is 10.4. The summed E-state index contributed by atoms with van der Waals surface area (Å²) < 4.78 is 26.1. The zero-order chi connectivity index (χ0) is 14.2. The van der Waals surface area contributed by atoms with E-state index in [9.17, 15) is 18.7 Å². The SMILES string of the molecule is CC1(O)CCCN(C(=O)c2cc(F)c(F)cc2Cl)C1. The van der Waals surface area contributed by atoms with Gasteiger partial charge < -0.3 is 10.0 Å². The first-order chi connectivity index (χ1) is 8.80. The Labute approximate surface area is 114 Å². The van der Waals surface area contributed by atoms with Crippen LogP contribution >= 0.6 is 11.6 Å². The maximum absolute atomic E-state index is 13.2. The van der Waals surface area contributed by atoms with Gasteiger partial charge in [0.15, 0.2) is 11.6 Å². The van der Waals surface area contributed by atoms with Crippen molar-refractivity contribution in [2.45, 2.75) is 25.4 Å². The first-order valence-electron chi connectivity index (χ1n) is 5.96. The van der Waals surface area contributed by atoms with Crippen molar-refractivity contribution >= 4 is 17.5 Å². The second-order valence-electron chi connectivity index (χ2n) is 5.07. The fourth-order valence-electron chi connectivity index (χ4n) is 2.25. The topological polar surface area (TPSA) is 40.5 Å². The van der Waals surface area contributed by atoms with Crippen molar-refractivity contribution in [2.75, 3.05) is 13.1 Å². The standard InChI is InChI=1S/C13H14ClF2NO2/c1-13(19)3-2-4-17(7-13)12(18)8-5-10(15)11(16)6-9(8)14/h5-6,19H,2-4,7H2,1H3. The minimum Gasteiger partial charge on any atom is -0.388 e. The zero-order valence-corrected chi connectivity index (χ0v) is 11.2. The minimum absolute atomic E-state index is 0.0849. The lowest BCUT2D eigenvalue weighted by molar-refractivity contribution is -0.0107. The van der Waals surface area contributed by atoms with E-state index in [1.807, 2.05) is 0 Å². The predicted octanol–water partition coefficient (Wildman–Crippen LogP) is 2.61. The van der Waals surface area contributed by atoms with Gasteiger partial charge in [-0.1, -0.05) is 11.6 Å². The monoisotopic (exact) mass is 289 g/mol. The summed E-state index contributed by atoms with van der Waals surface area (Å²) in [6, 6.07) is 1.58. The quantitative estimate of drug-likeness (QED) is 0.807. The molecule has 1 N–H and O–H groups in total. The number of amides is 1. The molecule has 1 fully saturated rings. The van der Waals surface area contributed by atoms with Crippen LogP contribution in [-0.2, 0) is 0 Å². The molecule has 1 atom stereocenters. The Morgan fingerprint density at radius 2 is 2.05 bits per heavy atom. The van der Waals surface area contributed by atoms with E-state index in [4.69, 9.17) is 11.6 Å². The average molecular weight is 290 g/mol. The van der Waals surface area contributed by atoms with Crippen molar-refractivity contribution in [3.63, 3.8) is 0 Å². The van der Waals surface area contributed by atoms with Crippen molar-refractivity contribution in [3.8, 4) is 0 Å². The summed E-state index contributed by atoms with van der Waals surface area (Å²) in [7, 11) is 0. The molecule has 0 bridgehead atoms. The maximum atomic E-state index is 13.2. The van der Waals surface area contributed by atoms with Gasteiger partial charge in [0, 0.05) is 13.1 Å². The number of piperidine rings is 1. The number of hydrogen-bond donors (Lipinski definition) is 1. The van der Waals surface area contributed by atoms with Gasteiger partial charge in [0.05, 0.1) is 16.2 Å². The van der Waals surface area contributed by atoms with E-state index >= 15 is 0 Å². The van der Waals surface area contributed by atoms with E-state index in [0.717, 1.165) is 12.1 Å². The van der Waals surface area contributed by atoms with Crippen molar-refractivity contribution in [2.24, 2.45) is 0 Å². The van der Waals surface area contributed by atoms with E-state index in [1.54, 1.807) is 6.92 Å². The van der Waals surface area contributed by atoms with Crippen LogP contribution in [0.3, 0.4) is 0 Å². The van der Waals surface area contributed by atoms with Crippen LogP contribution in [0.5, 0.6) is 0 Å². The molecule has 19 heavy (non-hydrogen) atoms. The molecule has 0 radical (unpaired) electrons. The Balaban J connectivity index is 2.27. The lowest BCUT2D eigenvalue weighted by Crippen LogP contribution is -2.48. The summed E-state index contributed by atoms with van der Waals surface area (Å²) in [6.45, 7) is 2.25. The molecule has 1 heterocycles. The van der Waals surface area contributed by atoms with Gasteiger partial charge in [-0.15, -0.1) is 0 Å². The molecule has 104 valence electrons. The van der Waals surface area contributed by atoms with E-state index in [2.05, 4.69) is 0 Å². The molecular weight excluding hydrogens is 276 g/mol. The molecule has 0 aromatic heterocycles. The van der Waals surface area contributed by atoms with Gasteiger partial charge in [0.1, 0.15) is 0 Å². The van der Waals surface area contributed by atoms with Gasteiger partial charge in [-0.3, -0.25) is 4.79 Å². The second kappa shape index (κ2) is 5.06. The number of benzene rings is 1. The smallest absolute Gasteiger partial charge is 0.255 e. The molecule has 1 aromatic rings. The molecule has 6 heteroatoms. The van der Waals surface area contributed by atoms with Gasteiger partial charge in [-0.2, -0.15) is 0 Å². The Hall–Kier alpha value is -1.20. The average Bonchev–Trinajstić information content (AvgIpc) is 2.31. The van der Waals surface area contributed by atoms with Gasteiger partial charge in [0.2, 0.25) is 0 Å². The maximum Gasteiger partial charge on any atom is 0.255 e. The van der Waals surface area contributed by atoms with Crippen LogP contribution in [0.4, 0.5) is 8.78 Å². The number of aliphatic hydroxyl groups is 1. The fourth-order valence-corrected chi connectivity index (χ4v) is 2.48. The first kappa shape index (κ1) is 14.2. The van der Waals surface area contributed by atoms with Crippen molar-refractivity contribution in [1.82, 2.24) is 4.90 Å². The molecule has 1 saturated heterocycles. The van der Waals surface area contributed by atoms with Gasteiger partial charge in [0.25, 0.3) is 5.91 Å². The molecule has 1 unspecified atom stereocenters. The van der Waals surface area contributed by atoms with Crippen LogP contribution in [0.15, 0.2) is 12.1 Å². The van der Waals surface area contributed by atoms with Gasteiger partial charge in [-0.05, 0) is 31.9 Å². The van der Waals surface area contributed by atoms with E-state index in [1.165, 1.54) is 4.90 Å². The normalized spacial score (nSPS) is 23.5. The van der Waals surface area contributed by atoms with Gasteiger partial charge >= 0.3 is 0 Å². The Morgan fingerprint density at radius 3 is 2.68 bits per heavy atom. The minimum atomic E-state index is -1.11. The lowest BCUT2D eigenvalue weighted by Gasteiger charge is -2.37. The largest absolute Gasteiger partial charge is 0.388 e. The van der Waals surface area contributed by atoms with Crippen LogP contribution in [0.25, 0.3) is 0 Å². The Bertz CT molecular complexity index is 520. The van der Waals surface area contributed by atoms with Crippen molar-refractivity contribution in [3.05, 3.63) is 34.4 Å². The van der Waals surface area contributed by atoms with E-state index in [0.29, 0.717) is 19.4 Å². The van der Waals surface area contributed by atoms with Crippen molar-refractivity contribution < 1.29 is 18.7 Å². The molecule has 0 aliphatic carbocycles. The number of carbonyl (C=O) groups is 1. The van der Waals surface area contributed by atoms with Crippen LogP contribution in [-0.4, -0.2) is 34.6 Å². The van der Waals surface area contributed by atoms with Crippen molar-refractivity contribution in [1.29, 1.82) is 0 Å². The number of hydrogen-bond acceptors (Lipinski definition) is 2. The van der Waals surface area contributed by atoms with E-state index < -0.39 is 23.1 Å². The molecule has 1 aromatic carbocycles. The number of carbonyl (C=O) groups excluding carboxylic acids is 1. The predicted molar refractivity (Wildman–Crippen MR) is 67.1 cm³/mol. The molecular formula is C13H14ClF2NO2. The highest BCUT2D eigenvalue weighted by Crippen LogP contribution is 2.25. The molecule has 1 aliphatic heterocycles. The molecule has 1 aliphatic rings. The highest BCUT2D eigenvalue weighted by Gasteiger charge is 2.32. The molecule has 2 rings (SSSR count). The summed E-state index contributed by atoms with van der Waals surface area (Å²) in [5.41, 5.74) is -1.04. The van der Waals surface area contributed by atoms with Crippen LogP contribution in [0.1, 0.15) is 30.1 Å². The summed E-state index contributed by atoms with van der Waals surface area (Å²) in [4.78, 5) is 13.6. The number of halogens is 3. The summed E-state index contributed by atoms with van der Waals surface area (Å²) >= 11 is 5.77. The summed E-state index contributed by atoms with van der Waals surface area (Å²) in [5, 5.41) is 9.82. The summed E-state index contributed by atoms with van der Waals surface area (Å²) in [6.07, 6.45) is 1.25. The Morgan fingerprint density at radius 1 is 1.42 bits per heavy atom. The highest BCUT2D eigenvalue weighted by atomic mass is 35.5. The summed E-state index contributed by atoms with van der Waals surface area (Å²) in [5.74, 6) is -2.70. The lowest BCUT2D eigenvalue weighted by atomic mass is 9.94. The first-order valence-corrected chi connectivity index (χ1v) is 6.34. The van der Waals surface area contributed by atoms with Crippen LogP contribution in [0, 0.1) is 11.6 Å². The Kier molecular flexibility index (Phi) is 3.78. The van der Waals surface area contributed by atoms with Crippen LogP contribution in [0.2, 0.25) is 5.02 Å². The third kappa shape index (κ3) is 3.04. The number of β-amino-alcohol motifs (C(OH)–C–C–N with tert-alkyl or cyclic N) is 1. The molecule has 0 spiro atoms. The van der Waals surface area contributed by atoms with Crippen LogP contribution < -0.4 is 0 Å².